The van der Waals surface area contributed by atoms with Crippen LogP contribution in [0.15, 0.2) is 28.8 Å². The molecule has 2 amide bonds. The molecule has 3 N–H and O–H groups in total. The van der Waals surface area contributed by atoms with Gasteiger partial charge in [0.15, 0.2) is 5.82 Å². The molecule has 0 saturated carbocycles. The SMILES string of the molecule is NC(=O)c1cccc(NC(=O)CCCCCCc2noc(C(F)(F)F)n2)c1. The molecule has 2 aromatic rings. The Morgan fingerprint density at radius 1 is 1.15 bits per heavy atom. The molecule has 0 atom stereocenters. The van der Waals surface area contributed by atoms with Gasteiger partial charge in [0, 0.05) is 24.1 Å². The molecule has 0 saturated heterocycles. The molecule has 0 spiro atoms. The van der Waals surface area contributed by atoms with Crippen LogP contribution in [0.3, 0.4) is 0 Å². The number of aryl methyl sites for hydroxylation is 1. The fraction of sp³-hybridized carbons (Fsp3) is 0.412. The Bertz CT molecular complexity index is 790. The summed E-state index contributed by atoms with van der Waals surface area (Å²) in [5.41, 5.74) is 5.99. The minimum absolute atomic E-state index is 0.0226. The number of hydrogen-bond acceptors (Lipinski definition) is 5. The van der Waals surface area contributed by atoms with Crippen LogP contribution in [-0.4, -0.2) is 22.0 Å². The van der Waals surface area contributed by atoms with E-state index in [9.17, 15) is 22.8 Å². The lowest BCUT2D eigenvalue weighted by molar-refractivity contribution is -0.159. The van der Waals surface area contributed by atoms with Gasteiger partial charge in [-0.3, -0.25) is 9.59 Å². The molecular weight excluding hydrogens is 365 g/mol. The van der Waals surface area contributed by atoms with Gasteiger partial charge in [0.25, 0.3) is 0 Å². The Morgan fingerprint density at radius 2 is 1.89 bits per heavy atom. The van der Waals surface area contributed by atoms with Crippen molar-refractivity contribution in [2.24, 2.45) is 5.73 Å². The van der Waals surface area contributed by atoms with Gasteiger partial charge in [-0.2, -0.15) is 18.2 Å². The predicted molar refractivity (Wildman–Crippen MR) is 89.7 cm³/mol. The summed E-state index contributed by atoms with van der Waals surface area (Å²) in [5.74, 6) is -2.08. The Morgan fingerprint density at radius 3 is 2.56 bits per heavy atom. The van der Waals surface area contributed by atoms with Crippen LogP contribution in [0.1, 0.15) is 54.2 Å². The number of halogens is 3. The van der Waals surface area contributed by atoms with Crippen molar-refractivity contribution in [1.82, 2.24) is 10.1 Å². The third-order valence-corrected chi connectivity index (χ3v) is 3.70. The average molecular weight is 384 g/mol. The number of aromatic nitrogens is 2. The van der Waals surface area contributed by atoms with E-state index in [-0.39, 0.29) is 18.2 Å². The molecule has 0 aliphatic rings. The molecule has 0 bridgehead atoms. The minimum Gasteiger partial charge on any atom is -0.366 e. The van der Waals surface area contributed by atoms with Crippen LogP contribution < -0.4 is 11.1 Å². The van der Waals surface area contributed by atoms with Crippen LogP contribution >= 0.6 is 0 Å². The molecule has 1 heterocycles. The van der Waals surface area contributed by atoms with Crippen LogP contribution in [-0.2, 0) is 17.4 Å². The van der Waals surface area contributed by atoms with Gasteiger partial charge >= 0.3 is 12.1 Å². The number of hydrogen-bond donors (Lipinski definition) is 2. The zero-order valence-electron chi connectivity index (χ0n) is 14.4. The first-order valence-electron chi connectivity index (χ1n) is 8.35. The fourth-order valence-corrected chi connectivity index (χ4v) is 2.37. The standard InChI is InChI=1S/C17H19F3N4O3/c18-17(19,20)16-23-13(24-27-16)8-3-1-2-4-9-14(25)22-12-7-5-6-11(10-12)15(21)26/h5-7,10H,1-4,8-9H2,(H2,21,26)(H,22,25). The van der Waals surface area contributed by atoms with E-state index in [4.69, 9.17) is 5.73 Å². The second-order valence-electron chi connectivity index (χ2n) is 5.92. The van der Waals surface area contributed by atoms with Gasteiger partial charge < -0.3 is 15.6 Å². The first kappa shape index (κ1) is 20.4. The molecule has 7 nitrogen and oxygen atoms in total. The van der Waals surface area contributed by atoms with Crippen LogP contribution in [0.5, 0.6) is 0 Å². The van der Waals surface area contributed by atoms with Gasteiger partial charge in [-0.05, 0) is 31.0 Å². The third kappa shape index (κ3) is 6.72. The number of carbonyl (C=O) groups is 2. The normalized spacial score (nSPS) is 11.4. The van der Waals surface area contributed by atoms with E-state index in [0.717, 1.165) is 12.8 Å². The number of carbonyl (C=O) groups excluding carboxylic acids is 2. The van der Waals surface area contributed by atoms with Crippen molar-refractivity contribution in [3.63, 3.8) is 0 Å². The molecule has 146 valence electrons. The number of alkyl halides is 3. The van der Waals surface area contributed by atoms with E-state index in [0.29, 0.717) is 30.5 Å². The molecule has 10 heteroatoms. The zero-order chi connectivity index (χ0) is 19.9. The van der Waals surface area contributed by atoms with E-state index < -0.39 is 18.0 Å². The lowest BCUT2D eigenvalue weighted by atomic mass is 10.1. The second-order valence-corrected chi connectivity index (χ2v) is 5.92. The molecule has 0 fully saturated rings. The minimum atomic E-state index is -4.63. The first-order valence-corrected chi connectivity index (χ1v) is 8.35. The number of nitrogens with zero attached hydrogens (tertiary/aromatic N) is 2. The van der Waals surface area contributed by atoms with Gasteiger partial charge in [-0.15, -0.1) is 0 Å². The number of rotatable bonds is 9. The molecule has 27 heavy (non-hydrogen) atoms. The summed E-state index contributed by atoms with van der Waals surface area (Å²) in [6, 6.07) is 6.34. The fourth-order valence-electron chi connectivity index (χ4n) is 2.37. The molecule has 1 aromatic carbocycles. The molecule has 0 aliphatic carbocycles. The maximum absolute atomic E-state index is 12.3. The highest BCUT2D eigenvalue weighted by Gasteiger charge is 2.38. The van der Waals surface area contributed by atoms with Crippen LogP contribution in [0.2, 0.25) is 0 Å². The highest BCUT2D eigenvalue weighted by molar-refractivity contribution is 5.96. The van der Waals surface area contributed by atoms with Crippen molar-refractivity contribution in [3.05, 3.63) is 41.5 Å². The molecule has 2 rings (SSSR count). The van der Waals surface area contributed by atoms with E-state index >= 15 is 0 Å². The van der Waals surface area contributed by atoms with Gasteiger partial charge in [0.2, 0.25) is 11.8 Å². The van der Waals surface area contributed by atoms with Crippen molar-refractivity contribution < 1.29 is 27.3 Å². The van der Waals surface area contributed by atoms with Crippen molar-refractivity contribution in [2.75, 3.05) is 5.32 Å². The van der Waals surface area contributed by atoms with Crippen molar-refractivity contribution >= 4 is 17.5 Å². The molecule has 0 radical (unpaired) electrons. The van der Waals surface area contributed by atoms with E-state index in [1.54, 1.807) is 18.2 Å². The van der Waals surface area contributed by atoms with Gasteiger partial charge in [0.05, 0.1) is 0 Å². The number of nitrogens with two attached hydrogens (primary N) is 1. The summed E-state index contributed by atoms with van der Waals surface area (Å²) in [7, 11) is 0. The number of nitrogens with one attached hydrogen (secondary N) is 1. The number of unbranched alkanes of at least 4 members (excludes halogenated alkanes) is 3. The van der Waals surface area contributed by atoms with Crippen molar-refractivity contribution in [1.29, 1.82) is 0 Å². The largest absolute Gasteiger partial charge is 0.471 e. The Hall–Kier alpha value is -2.91. The van der Waals surface area contributed by atoms with Gasteiger partial charge in [-0.1, -0.05) is 24.1 Å². The van der Waals surface area contributed by atoms with Gasteiger partial charge in [0.1, 0.15) is 0 Å². The molecular formula is C17H19F3N4O3. The average Bonchev–Trinajstić information content (AvgIpc) is 3.07. The lowest BCUT2D eigenvalue weighted by Gasteiger charge is -2.06. The quantitative estimate of drug-likeness (QED) is 0.644. The predicted octanol–water partition coefficient (Wildman–Crippen LogP) is 3.32. The zero-order valence-corrected chi connectivity index (χ0v) is 14.4. The summed E-state index contributed by atoms with van der Waals surface area (Å²) in [6.07, 6.45) is -1.37. The van der Waals surface area contributed by atoms with Crippen LogP contribution in [0.4, 0.5) is 18.9 Å². The van der Waals surface area contributed by atoms with Crippen LogP contribution in [0, 0.1) is 0 Å². The number of primary amides is 1. The maximum atomic E-state index is 12.3. The molecule has 1 aromatic heterocycles. The Kier molecular flexibility index (Phi) is 6.91. The summed E-state index contributed by atoms with van der Waals surface area (Å²) in [6.45, 7) is 0. The maximum Gasteiger partial charge on any atom is 0.471 e. The van der Waals surface area contributed by atoms with E-state index in [1.165, 1.54) is 6.07 Å². The Labute approximate surface area is 153 Å². The van der Waals surface area contributed by atoms with Crippen molar-refractivity contribution in [3.8, 4) is 0 Å². The van der Waals surface area contributed by atoms with E-state index in [1.807, 2.05) is 0 Å². The van der Waals surface area contributed by atoms with Crippen LogP contribution in [0.25, 0.3) is 0 Å². The highest BCUT2D eigenvalue weighted by atomic mass is 19.4. The monoisotopic (exact) mass is 384 g/mol. The smallest absolute Gasteiger partial charge is 0.366 e. The topological polar surface area (TPSA) is 111 Å². The van der Waals surface area contributed by atoms with Crippen molar-refractivity contribution in [2.45, 2.75) is 44.7 Å². The number of benzene rings is 1. The second kappa shape index (κ2) is 9.15. The highest BCUT2D eigenvalue weighted by Crippen LogP contribution is 2.27. The number of amides is 2. The lowest BCUT2D eigenvalue weighted by Crippen LogP contribution is -2.14. The van der Waals surface area contributed by atoms with E-state index in [2.05, 4.69) is 20.0 Å². The number of anilines is 1. The molecule has 0 aliphatic heterocycles. The molecule has 0 unspecified atom stereocenters. The summed E-state index contributed by atoms with van der Waals surface area (Å²) in [4.78, 5) is 26.3. The summed E-state index contributed by atoms with van der Waals surface area (Å²) in [5, 5.41) is 5.98. The Balaban J connectivity index is 1.62. The summed E-state index contributed by atoms with van der Waals surface area (Å²) < 4.78 is 41.1. The third-order valence-electron chi connectivity index (χ3n) is 3.70. The summed E-state index contributed by atoms with van der Waals surface area (Å²) >= 11 is 0. The van der Waals surface area contributed by atoms with Gasteiger partial charge in [-0.25, -0.2) is 0 Å². The first-order chi connectivity index (χ1) is 12.8.